The van der Waals surface area contributed by atoms with Gasteiger partial charge in [-0.25, -0.2) is 35.1 Å². The number of nitrogens with two attached hydrogens (primary N) is 1. The summed E-state index contributed by atoms with van der Waals surface area (Å²) < 4.78 is 75.9. The molecule has 0 bridgehead atoms. The van der Waals surface area contributed by atoms with Gasteiger partial charge < -0.3 is 5.73 Å². The Morgan fingerprint density at radius 2 is 1.67 bits per heavy atom. The second kappa shape index (κ2) is 6.64. The monoisotopic (exact) mass is 343 g/mol. The van der Waals surface area contributed by atoms with Crippen LogP contribution in [0.3, 0.4) is 0 Å². The summed E-state index contributed by atoms with van der Waals surface area (Å²) in [7, 11) is -7.64. The lowest BCUT2D eigenvalue weighted by atomic mass is 10.3. The molecule has 21 heavy (non-hydrogen) atoms. The Morgan fingerprint density at radius 3 is 2.24 bits per heavy atom. The molecule has 0 spiro atoms. The topological polar surface area (TPSA) is 118 Å². The molecule has 0 aromatic heterocycles. The summed E-state index contributed by atoms with van der Waals surface area (Å²) in [6, 6.07) is 1.47. The van der Waals surface area contributed by atoms with Gasteiger partial charge in [0.05, 0.1) is 6.26 Å². The Balaban J connectivity index is 2.71. The minimum absolute atomic E-state index is 0.00905. The first-order valence-electron chi connectivity index (χ1n) is 5.72. The normalized spacial score (nSPS) is 12.5. The average molecular weight is 343 g/mol. The first kappa shape index (κ1) is 17.8. The van der Waals surface area contributed by atoms with E-state index in [4.69, 9.17) is 5.73 Å². The number of halogens is 2. The van der Waals surface area contributed by atoms with Crippen LogP contribution in [0.2, 0.25) is 0 Å². The highest BCUT2D eigenvalue weighted by atomic mass is 32.2. The summed E-state index contributed by atoms with van der Waals surface area (Å²) in [4.78, 5) is -0.893. The third-order valence-corrected chi connectivity index (χ3v) is 4.51. The van der Waals surface area contributed by atoms with Crippen LogP contribution in [0, 0.1) is 11.6 Å². The lowest BCUT2D eigenvalue weighted by molar-refractivity contribution is 0.483. The van der Waals surface area contributed by atoms with Crippen LogP contribution in [0.15, 0.2) is 17.0 Å². The van der Waals surface area contributed by atoms with Crippen molar-refractivity contribution in [2.24, 2.45) is 0 Å². The van der Waals surface area contributed by atoms with E-state index in [9.17, 15) is 25.6 Å². The van der Waals surface area contributed by atoms with Crippen LogP contribution in [0.5, 0.6) is 0 Å². The first-order chi connectivity index (χ1) is 9.53. The highest BCUT2D eigenvalue weighted by Crippen LogP contribution is 2.20. The van der Waals surface area contributed by atoms with Gasteiger partial charge in [-0.1, -0.05) is 0 Å². The summed E-state index contributed by atoms with van der Waals surface area (Å²) >= 11 is 0. The second-order valence-corrected chi connectivity index (χ2v) is 7.80. The van der Waals surface area contributed by atoms with Crippen molar-refractivity contribution in [3.8, 4) is 0 Å². The molecule has 0 heterocycles. The minimum atomic E-state index is -4.27. The molecule has 0 aliphatic carbocycles. The molecule has 0 saturated heterocycles. The van der Waals surface area contributed by atoms with E-state index in [0.717, 1.165) is 12.3 Å². The maximum absolute atomic E-state index is 13.5. The standard InChI is InChI=1S/C10H15F2N3O4S2/c1-20(16,17)14-3-2-4-15-21(18,19)9-6-7(13)5-8(11)10(9)12/h5-6,14-15H,2-4,13H2,1H3. The maximum Gasteiger partial charge on any atom is 0.243 e. The summed E-state index contributed by atoms with van der Waals surface area (Å²) in [5.74, 6) is -2.89. The third-order valence-electron chi connectivity index (χ3n) is 2.32. The molecule has 0 atom stereocenters. The van der Waals surface area contributed by atoms with Crippen molar-refractivity contribution in [2.45, 2.75) is 11.3 Å². The molecule has 0 fully saturated rings. The molecule has 0 amide bonds. The van der Waals surface area contributed by atoms with E-state index < -0.39 is 36.6 Å². The highest BCUT2D eigenvalue weighted by molar-refractivity contribution is 7.89. The van der Waals surface area contributed by atoms with Crippen molar-refractivity contribution in [1.29, 1.82) is 0 Å². The molecule has 1 rings (SSSR count). The second-order valence-electron chi connectivity index (χ2n) is 4.23. The van der Waals surface area contributed by atoms with Gasteiger partial charge in [0.15, 0.2) is 11.6 Å². The van der Waals surface area contributed by atoms with Gasteiger partial charge in [0, 0.05) is 18.8 Å². The number of rotatable bonds is 7. The summed E-state index contributed by atoms with van der Waals surface area (Å²) in [6.45, 7) is -0.143. The molecule has 0 saturated carbocycles. The van der Waals surface area contributed by atoms with Crippen LogP contribution in [0.4, 0.5) is 14.5 Å². The molecule has 4 N–H and O–H groups in total. The number of sulfonamides is 2. The Morgan fingerprint density at radius 1 is 1.10 bits per heavy atom. The fourth-order valence-corrected chi connectivity index (χ4v) is 3.12. The first-order valence-corrected chi connectivity index (χ1v) is 9.09. The number of benzene rings is 1. The molecule has 120 valence electrons. The number of nitrogen functional groups attached to an aromatic ring is 1. The van der Waals surface area contributed by atoms with E-state index in [2.05, 4.69) is 4.72 Å². The van der Waals surface area contributed by atoms with E-state index in [1.54, 1.807) is 0 Å². The molecule has 1 aromatic carbocycles. The molecule has 1 aromatic rings. The number of hydrogen-bond donors (Lipinski definition) is 3. The van der Waals surface area contributed by atoms with Crippen LogP contribution in [0.25, 0.3) is 0 Å². The van der Waals surface area contributed by atoms with Crippen molar-refractivity contribution < 1.29 is 25.6 Å². The maximum atomic E-state index is 13.5. The quantitative estimate of drug-likeness (QED) is 0.467. The number of hydrogen-bond acceptors (Lipinski definition) is 5. The molecule has 7 nitrogen and oxygen atoms in total. The average Bonchev–Trinajstić information content (AvgIpc) is 2.31. The largest absolute Gasteiger partial charge is 0.399 e. The zero-order valence-electron chi connectivity index (χ0n) is 11.1. The van der Waals surface area contributed by atoms with Crippen LogP contribution in [-0.4, -0.2) is 36.2 Å². The van der Waals surface area contributed by atoms with Crippen LogP contribution < -0.4 is 15.2 Å². The van der Waals surface area contributed by atoms with Gasteiger partial charge in [0.2, 0.25) is 20.0 Å². The van der Waals surface area contributed by atoms with E-state index in [-0.39, 0.29) is 25.2 Å². The van der Waals surface area contributed by atoms with Gasteiger partial charge >= 0.3 is 0 Å². The van der Waals surface area contributed by atoms with Gasteiger partial charge in [0.25, 0.3) is 0 Å². The van der Waals surface area contributed by atoms with E-state index >= 15 is 0 Å². The van der Waals surface area contributed by atoms with Crippen molar-refractivity contribution in [1.82, 2.24) is 9.44 Å². The van der Waals surface area contributed by atoms with Crippen molar-refractivity contribution in [2.75, 3.05) is 25.1 Å². The van der Waals surface area contributed by atoms with Gasteiger partial charge in [-0.05, 0) is 18.6 Å². The Labute approximate surface area is 121 Å². The lowest BCUT2D eigenvalue weighted by Crippen LogP contribution is -2.30. The lowest BCUT2D eigenvalue weighted by Gasteiger charge is -2.09. The van der Waals surface area contributed by atoms with Crippen LogP contribution in [0.1, 0.15) is 6.42 Å². The highest BCUT2D eigenvalue weighted by Gasteiger charge is 2.22. The predicted octanol–water partition coefficient (Wildman–Crippen LogP) is -0.235. The zero-order chi connectivity index (χ0) is 16.3. The molecule has 0 aliphatic rings. The van der Waals surface area contributed by atoms with Crippen molar-refractivity contribution >= 4 is 25.7 Å². The summed E-state index contributed by atoms with van der Waals surface area (Å²) in [5, 5.41) is 0. The Bertz CT molecular complexity index is 720. The van der Waals surface area contributed by atoms with Gasteiger partial charge in [-0.3, -0.25) is 0 Å². The van der Waals surface area contributed by atoms with Crippen molar-refractivity contribution in [3.05, 3.63) is 23.8 Å². The Kier molecular flexibility index (Phi) is 5.61. The zero-order valence-corrected chi connectivity index (χ0v) is 12.7. The fourth-order valence-electron chi connectivity index (χ4n) is 1.41. The predicted molar refractivity (Wildman–Crippen MR) is 73.4 cm³/mol. The molecular weight excluding hydrogens is 328 g/mol. The number of anilines is 1. The van der Waals surface area contributed by atoms with Crippen LogP contribution in [-0.2, 0) is 20.0 Å². The van der Waals surface area contributed by atoms with E-state index in [1.807, 2.05) is 4.72 Å². The van der Waals surface area contributed by atoms with Crippen molar-refractivity contribution in [3.63, 3.8) is 0 Å². The molecule has 11 heteroatoms. The van der Waals surface area contributed by atoms with Gasteiger partial charge in [-0.15, -0.1) is 0 Å². The summed E-state index contributed by atoms with van der Waals surface area (Å²) in [5.41, 5.74) is 5.04. The smallest absolute Gasteiger partial charge is 0.243 e. The van der Waals surface area contributed by atoms with E-state index in [0.29, 0.717) is 6.07 Å². The van der Waals surface area contributed by atoms with Gasteiger partial charge in [0.1, 0.15) is 4.90 Å². The molecular formula is C10H15F2N3O4S2. The summed E-state index contributed by atoms with van der Waals surface area (Å²) in [6.07, 6.45) is 1.10. The molecule has 0 aliphatic heterocycles. The Hall–Kier alpha value is -1.30. The third kappa shape index (κ3) is 5.53. The molecule has 0 unspecified atom stereocenters. The SMILES string of the molecule is CS(=O)(=O)NCCCNS(=O)(=O)c1cc(N)cc(F)c1F. The fraction of sp³-hybridized carbons (Fsp3) is 0.400. The number of nitrogens with one attached hydrogen (secondary N) is 2. The van der Waals surface area contributed by atoms with Crippen LogP contribution >= 0.6 is 0 Å². The minimum Gasteiger partial charge on any atom is -0.399 e. The van der Waals surface area contributed by atoms with Gasteiger partial charge in [-0.2, -0.15) is 0 Å². The van der Waals surface area contributed by atoms with E-state index in [1.165, 1.54) is 0 Å². The molecule has 0 radical (unpaired) electrons.